The Morgan fingerprint density at radius 3 is 2.45 bits per heavy atom. The summed E-state index contributed by atoms with van der Waals surface area (Å²) in [6.45, 7) is -0.720. The molecule has 0 radical (unpaired) electrons. The molecule has 20 heteroatoms. The second-order valence-electron chi connectivity index (χ2n) is 8.02. The van der Waals surface area contributed by atoms with E-state index < -0.39 is 94.9 Å². The molecule has 2 aromatic rings. The predicted octanol–water partition coefficient (Wildman–Crippen LogP) is -2.64. The summed E-state index contributed by atoms with van der Waals surface area (Å²) in [6, 6.07) is 2.89. The van der Waals surface area contributed by atoms with E-state index in [-0.39, 0.29) is 16.3 Å². The predicted molar refractivity (Wildman–Crippen MR) is 119 cm³/mol. The number of carboxylic acid groups (broad SMARTS) is 2. The number of hydrogen-bond acceptors (Lipinski definition) is 13. The highest BCUT2D eigenvalue weighted by atomic mass is 19.1. The number of nitrogens with zero attached hydrogens (tertiary/aromatic N) is 2. The molecule has 216 valence electrons. The number of H-pyrrole nitrogens is 1. The number of ether oxygens (including phenoxy) is 3. The van der Waals surface area contributed by atoms with E-state index in [0.29, 0.717) is 0 Å². The molecule has 0 bridgehead atoms. The van der Waals surface area contributed by atoms with Gasteiger partial charge in [0.1, 0.15) is 24.9 Å². The Hall–Kier alpha value is -4.92. The molecule has 0 saturated carbocycles. The van der Waals surface area contributed by atoms with E-state index in [1.165, 1.54) is 4.98 Å². The van der Waals surface area contributed by atoms with Crippen LogP contribution >= 0.6 is 0 Å². The number of amides is 1. The number of nitro groups is 1. The van der Waals surface area contributed by atoms with E-state index in [9.17, 15) is 58.9 Å². The Balaban J connectivity index is 1.73. The zero-order chi connectivity index (χ0) is 29.9. The van der Waals surface area contributed by atoms with Crippen molar-refractivity contribution in [3.05, 3.63) is 66.7 Å². The first kappa shape index (κ1) is 29.6. The van der Waals surface area contributed by atoms with E-state index in [1.54, 1.807) is 5.32 Å². The quantitative estimate of drug-likeness (QED) is 0.119. The zero-order valence-corrected chi connectivity index (χ0v) is 19.6. The first-order valence-corrected chi connectivity index (χ1v) is 10.7. The number of aliphatic hydroxyl groups excluding tert-OH is 3. The Bertz CT molecular complexity index is 1440. The lowest BCUT2D eigenvalue weighted by atomic mass is 9.99. The number of benzene rings is 1. The van der Waals surface area contributed by atoms with Crippen molar-refractivity contribution in [2.75, 3.05) is 0 Å². The second-order valence-corrected chi connectivity index (χ2v) is 8.02. The summed E-state index contributed by atoms with van der Waals surface area (Å²) in [5.74, 6) is -5.67. The maximum absolute atomic E-state index is 13.5. The van der Waals surface area contributed by atoms with Crippen LogP contribution in [0.3, 0.4) is 0 Å². The van der Waals surface area contributed by atoms with Gasteiger partial charge in [-0.25, -0.2) is 19.2 Å². The number of rotatable bonds is 9. The summed E-state index contributed by atoms with van der Waals surface area (Å²) < 4.78 is 28.5. The van der Waals surface area contributed by atoms with Crippen LogP contribution in [0.5, 0.6) is 5.75 Å². The van der Waals surface area contributed by atoms with Gasteiger partial charge >= 0.3 is 29.4 Å². The standard InChI is InChI=1S/C20H19FN4O15/c21-7-4-24(19(34)23-15(7)29)14(17(32)33)22-20(35)38-5-6-1-2-9(8(3-6)25(36)37)39-18-12(28)10(26)11(27)13(40-18)16(30)31/h1-4,10-14,18,26-28H,5H2,(H,22,35)(H,30,31)(H,32,33)(H,23,29,34)/t10-,11-,12+,13-,14+,18+/m0/s1. The third-order valence-electron chi connectivity index (χ3n) is 5.34. The minimum atomic E-state index is -2.22. The number of aliphatic hydroxyl groups is 3. The van der Waals surface area contributed by atoms with Gasteiger partial charge in [-0.05, 0) is 11.6 Å². The van der Waals surface area contributed by atoms with Crippen molar-refractivity contribution < 1.29 is 63.4 Å². The van der Waals surface area contributed by atoms with E-state index in [2.05, 4.69) is 0 Å². The zero-order valence-electron chi connectivity index (χ0n) is 19.6. The average Bonchev–Trinajstić information content (AvgIpc) is 2.88. The number of carboxylic acids is 2. The number of aromatic amines is 1. The monoisotopic (exact) mass is 574 g/mol. The summed E-state index contributed by atoms with van der Waals surface area (Å²) in [7, 11) is 0. The molecule has 1 fully saturated rings. The summed E-state index contributed by atoms with van der Waals surface area (Å²) in [6.07, 6.45) is -13.5. The van der Waals surface area contributed by atoms with Gasteiger partial charge in [-0.15, -0.1) is 0 Å². The second kappa shape index (κ2) is 11.9. The van der Waals surface area contributed by atoms with Crippen LogP contribution in [-0.4, -0.2) is 88.7 Å². The highest BCUT2D eigenvalue weighted by molar-refractivity contribution is 5.78. The van der Waals surface area contributed by atoms with Crippen LogP contribution in [0.15, 0.2) is 34.0 Å². The molecule has 1 aromatic carbocycles. The van der Waals surface area contributed by atoms with Gasteiger partial charge in [0.25, 0.3) is 5.56 Å². The molecule has 3 rings (SSSR count). The van der Waals surface area contributed by atoms with Crippen molar-refractivity contribution in [2.45, 2.75) is 43.5 Å². The number of hydrogen-bond donors (Lipinski definition) is 7. The summed E-state index contributed by atoms with van der Waals surface area (Å²) >= 11 is 0. The number of nitrogens with one attached hydrogen (secondary N) is 2. The van der Waals surface area contributed by atoms with Crippen LogP contribution in [0.1, 0.15) is 11.7 Å². The minimum absolute atomic E-state index is 0.0719. The van der Waals surface area contributed by atoms with Gasteiger partial charge in [-0.3, -0.25) is 29.8 Å². The number of halogens is 1. The molecule has 0 aliphatic carbocycles. The first-order valence-electron chi connectivity index (χ1n) is 10.7. The summed E-state index contributed by atoms with van der Waals surface area (Å²) in [5, 5.41) is 61.3. The molecule has 7 N–H and O–H groups in total. The molecule has 1 aliphatic rings. The molecular formula is C20H19FN4O15. The van der Waals surface area contributed by atoms with E-state index in [1.807, 2.05) is 0 Å². The molecule has 2 heterocycles. The van der Waals surface area contributed by atoms with Gasteiger partial charge in [0.05, 0.1) is 11.1 Å². The first-order chi connectivity index (χ1) is 18.7. The van der Waals surface area contributed by atoms with Crippen LogP contribution in [-0.2, 0) is 25.7 Å². The number of carbonyl (C=O) groups is 3. The third-order valence-corrected chi connectivity index (χ3v) is 5.34. The molecule has 1 aliphatic heterocycles. The van der Waals surface area contributed by atoms with Gasteiger partial charge in [-0.1, -0.05) is 6.07 Å². The third kappa shape index (κ3) is 6.37. The maximum atomic E-state index is 13.5. The Morgan fingerprint density at radius 2 is 1.85 bits per heavy atom. The van der Waals surface area contributed by atoms with Crippen LogP contribution in [0.2, 0.25) is 0 Å². The number of aliphatic carboxylic acids is 2. The molecule has 1 amide bonds. The average molecular weight is 574 g/mol. The highest BCUT2D eigenvalue weighted by Gasteiger charge is 2.48. The lowest BCUT2D eigenvalue weighted by Gasteiger charge is -2.38. The molecule has 0 unspecified atom stereocenters. The lowest BCUT2D eigenvalue weighted by Crippen LogP contribution is -2.61. The molecule has 1 aromatic heterocycles. The molecule has 40 heavy (non-hydrogen) atoms. The fourth-order valence-corrected chi connectivity index (χ4v) is 3.37. The summed E-state index contributed by atoms with van der Waals surface area (Å²) in [4.78, 5) is 69.9. The Labute approximate surface area is 218 Å². The smallest absolute Gasteiger partial charge is 0.409 e. The molecule has 6 atom stereocenters. The van der Waals surface area contributed by atoms with Crippen molar-refractivity contribution in [3.63, 3.8) is 0 Å². The van der Waals surface area contributed by atoms with Crippen LogP contribution < -0.4 is 21.3 Å². The number of nitro benzene ring substituents is 1. The van der Waals surface area contributed by atoms with Crippen molar-refractivity contribution in [1.82, 2.24) is 14.9 Å². The molecule has 19 nitrogen and oxygen atoms in total. The summed E-state index contributed by atoms with van der Waals surface area (Å²) in [5.41, 5.74) is -3.67. The van der Waals surface area contributed by atoms with Gasteiger partial charge in [-0.2, -0.15) is 4.39 Å². The van der Waals surface area contributed by atoms with E-state index in [0.717, 1.165) is 18.2 Å². The lowest BCUT2D eigenvalue weighted by molar-refractivity contribution is -0.387. The Morgan fingerprint density at radius 1 is 1.18 bits per heavy atom. The van der Waals surface area contributed by atoms with Crippen LogP contribution in [0.25, 0.3) is 0 Å². The maximum Gasteiger partial charge on any atom is 0.409 e. The molecule has 1 saturated heterocycles. The Kier molecular flexibility index (Phi) is 8.78. The fraction of sp³-hybridized carbons (Fsp3) is 0.350. The normalized spacial score (nSPS) is 23.1. The van der Waals surface area contributed by atoms with Crippen molar-refractivity contribution in [2.24, 2.45) is 0 Å². The number of alkyl carbamates (subject to hydrolysis) is 1. The largest absolute Gasteiger partial charge is 0.479 e. The SMILES string of the molecule is O=C(N[C@@H](C(=O)O)n1cc(F)c(=O)[nH]c1=O)OCc1ccc(O[C@@H]2O[C@H](C(=O)O)[C@@H](O)[C@H](O)[C@H]2O)c([N+](=O)[O-])c1. The topological polar surface area (TPSA) is 290 Å². The van der Waals surface area contributed by atoms with Crippen molar-refractivity contribution in [1.29, 1.82) is 0 Å². The van der Waals surface area contributed by atoms with Crippen LogP contribution in [0, 0.1) is 15.9 Å². The molecule has 0 spiro atoms. The van der Waals surface area contributed by atoms with Gasteiger partial charge in [0.15, 0.2) is 11.9 Å². The molecular weight excluding hydrogens is 555 g/mol. The van der Waals surface area contributed by atoms with Crippen molar-refractivity contribution in [3.8, 4) is 5.75 Å². The van der Waals surface area contributed by atoms with Crippen molar-refractivity contribution >= 4 is 23.7 Å². The van der Waals surface area contributed by atoms with Crippen LogP contribution in [0.4, 0.5) is 14.9 Å². The van der Waals surface area contributed by atoms with E-state index in [4.69, 9.17) is 19.3 Å². The van der Waals surface area contributed by atoms with Gasteiger partial charge in [0.2, 0.25) is 18.3 Å². The number of aromatic nitrogens is 2. The minimum Gasteiger partial charge on any atom is -0.479 e. The number of carbonyl (C=O) groups excluding carboxylic acids is 1. The highest BCUT2D eigenvalue weighted by Crippen LogP contribution is 2.32. The van der Waals surface area contributed by atoms with E-state index >= 15 is 0 Å². The van der Waals surface area contributed by atoms with Gasteiger partial charge in [0, 0.05) is 6.07 Å². The fourth-order valence-electron chi connectivity index (χ4n) is 3.37. The van der Waals surface area contributed by atoms with Gasteiger partial charge < -0.3 is 39.7 Å².